The Balaban J connectivity index is 1.56. The van der Waals surface area contributed by atoms with Crippen LogP contribution in [0, 0.1) is 17.0 Å². The molecular weight excluding hydrogens is 492 g/mol. The molecule has 0 aliphatic rings. The molecule has 0 unspecified atom stereocenters. The Kier molecular flexibility index (Phi) is 6.44. The topological polar surface area (TPSA) is 115 Å². The number of aryl methyl sites for hydroxylation is 1. The number of benzene rings is 3. The maximum Gasteiger partial charge on any atom is 0.272 e. The molecule has 2 aromatic heterocycles. The van der Waals surface area contributed by atoms with Gasteiger partial charge >= 0.3 is 0 Å². The van der Waals surface area contributed by atoms with Gasteiger partial charge in [0.1, 0.15) is 0 Å². The number of fused-ring (bicyclic) bond motifs is 1. The summed E-state index contributed by atoms with van der Waals surface area (Å²) in [5, 5.41) is 20.7. The number of halogens is 1. The van der Waals surface area contributed by atoms with Gasteiger partial charge in [-0.05, 0) is 55.0 Å². The summed E-state index contributed by atoms with van der Waals surface area (Å²) >= 11 is 6.07. The van der Waals surface area contributed by atoms with E-state index in [1.54, 1.807) is 35.0 Å². The highest BCUT2D eigenvalue weighted by Gasteiger charge is 2.21. The zero-order chi connectivity index (χ0) is 25.9. The molecule has 37 heavy (non-hydrogen) atoms. The van der Waals surface area contributed by atoms with E-state index >= 15 is 0 Å². The van der Waals surface area contributed by atoms with Crippen LogP contribution in [-0.2, 0) is 0 Å². The number of pyridine rings is 1. The number of hydrogen-bond donors (Lipinski definition) is 1. The lowest BCUT2D eigenvalue weighted by atomic mass is 10.1. The van der Waals surface area contributed by atoms with E-state index in [1.165, 1.54) is 18.3 Å². The zero-order valence-corrected chi connectivity index (χ0v) is 20.3. The summed E-state index contributed by atoms with van der Waals surface area (Å²) in [6.07, 6.45) is 1.42. The van der Waals surface area contributed by atoms with Crippen molar-refractivity contribution in [1.29, 1.82) is 0 Å². The molecule has 182 valence electrons. The number of carbonyl (C=O) groups excluding carboxylic acids is 1. The first-order valence-electron chi connectivity index (χ1n) is 11.2. The minimum atomic E-state index is -0.479. The lowest BCUT2D eigenvalue weighted by Gasteiger charge is -2.09. The van der Waals surface area contributed by atoms with E-state index in [4.69, 9.17) is 16.6 Å². The first kappa shape index (κ1) is 23.8. The maximum absolute atomic E-state index is 13.3. The van der Waals surface area contributed by atoms with Gasteiger partial charge in [0.25, 0.3) is 11.6 Å². The summed E-state index contributed by atoms with van der Waals surface area (Å²) in [4.78, 5) is 28.5. The van der Waals surface area contributed by atoms with Gasteiger partial charge in [0.15, 0.2) is 5.65 Å². The molecule has 10 heteroatoms. The molecule has 2 heterocycles. The highest BCUT2D eigenvalue weighted by atomic mass is 35.5. The number of non-ortho nitro benzene ring substituents is 1. The monoisotopic (exact) mass is 510 g/mol. The molecule has 0 spiro atoms. The second kappa shape index (κ2) is 10.00. The predicted octanol–water partition coefficient (Wildman–Crippen LogP) is 5.72. The summed E-state index contributed by atoms with van der Waals surface area (Å²) in [5.41, 5.74) is 6.81. The maximum atomic E-state index is 13.3. The molecule has 0 radical (unpaired) electrons. The Hall–Kier alpha value is -4.89. The Morgan fingerprint density at radius 2 is 1.76 bits per heavy atom. The number of rotatable bonds is 6. The smallest absolute Gasteiger partial charge is 0.267 e. The molecule has 9 nitrogen and oxygen atoms in total. The number of hydrazone groups is 1. The first-order valence-corrected chi connectivity index (χ1v) is 11.6. The molecule has 5 rings (SSSR count). The van der Waals surface area contributed by atoms with Gasteiger partial charge in [-0.3, -0.25) is 14.9 Å². The number of nitrogens with zero attached hydrogens (tertiary/aromatic N) is 5. The minimum absolute atomic E-state index is 0.0269. The number of para-hydroxylation sites is 1. The van der Waals surface area contributed by atoms with Gasteiger partial charge in [0, 0.05) is 22.7 Å². The van der Waals surface area contributed by atoms with Gasteiger partial charge < -0.3 is 0 Å². The highest BCUT2D eigenvalue weighted by molar-refractivity contribution is 6.30. The molecule has 0 aliphatic heterocycles. The molecular formula is C27H19ClN6O3. The third-order valence-corrected chi connectivity index (χ3v) is 5.93. The van der Waals surface area contributed by atoms with Crippen LogP contribution >= 0.6 is 11.6 Å². The Bertz CT molecular complexity index is 1650. The molecule has 0 saturated heterocycles. The molecule has 5 aromatic rings. The standard InChI is InChI=1S/C27H19ClN6O3/c1-17-25-23(27(35)31-29-16-18-7-13-22(14-8-18)34(36)37)15-24(19-9-11-20(28)12-10-19)30-26(25)33(32-17)21-5-3-2-4-6-21/h2-16H,1H3,(H,31,35). The van der Waals surface area contributed by atoms with Gasteiger partial charge in [-0.2, -0.15) is 10.2 Å². The van der Waals surface area contributed by atoms with Crippen LogP contribution in [0.2, 0.25) is 5.02 Å². The van der Waals surface area contributed by atoms with Crippen molar-refractivity contribution in [1.82, 2.24) is 20.2 Å². The summed E-state index contributed by atoms with van der Waals surface area (Å²) in [6, 6.07) is 24.3. The highest BCUT2D eigenvalue weighted by Crippen LogP contribution is 2.29. The SMILES string of the molecule is Cc1nn(-c2ccccc2)c2nc(-c3ccc(Cl)cc3)cc(C(=O)NN=Cc3ccc([N+](=O)[O-])cc3)c12. The van der Waals surface area contributed by atoms with Crippen LogP contribution in [0.5, 0.6) is 0 Å². The first-order chi connectivity index (χ1) is 17.9. The van der Waals surface area contributed by atoms with E-state index < -0.39 is 10.8 Å². The molecule has 0 aliphatic carbocycles. The van der Waals surface area contributed by atoms with Crippen LogP contribution in [-0.4, -0.2) is 31.8 Å². The molecule has 0 atom stereocenters. The summed E-state index contributed by atoms with van der Waals surface area (Å²) in [6.45, 7) is 1.82. The third kappa shape index (κ3) is 4.93. The van der Waals surface area contributed by atoms with E-state index in [-0.39, 0.29) is 5.69 Å². The molecule has 1 N–H and O–H groups in total. The molecule has 0 fully saturated rings. The van der Waals surface area contributed by atoms with Crippen molar-refractivity contribution in [3.63, 3.8) is 0 Å². The van der Waals surface area contributed by atoms with Gasteiger partial charge in [-0.1, -0.05) is 41.9 Å². The number of amides is 1. The van der Waals surface area contributed by atoms with Crippen LogP contribution in [0.15, 0.2) is 90.0 Å². The van der Waals surface area contributed by atoms with Gasteiger partial charge in [0.05, 0.1) is 39.2 Å². The number of aromatic nitrogens is 3. The van der Waals surface area contributed by atoms with Gasteiger partial charge in [-0.15, -0.1) is 0 Å². The molecule has 1 amide bonds. The Morgan fingerprint density at radius 3 is 2.43 bits per heavy atom. The van der Waals surface area contributed by atoms with Crippen molar-refractivity contribution in [2.45, 2.75) is 6.92 Å². The van der Waals surface area contributed by atoms with Crippen LogP contribution in [0.3, 0.4) is 0 Å². The number of nitro benzene ring substituents is 1. The fourth-order valence-corrected chi connectivity index (χ4v) is 4.02. The second-order valence-corrected chi connectivity index (χ2v) is 8.58. The normalized spacial score (nSPS) is 11.2. The zero-order valence-electron chi connectivity index (χ0n) is 19.5. The fraction of sp³-hybridized carbons (Fsp3) is 0.0370. The van der Waals surface area contributed by atoms with Crippen molar-refractivity contribution >= 4 is 40.4 Å². The minimum Gasteiger partial charge on any atom is -0.267 e. The fourth-order valence-electron chi connectivity index (χ4n) is 3.89. The largest absolute Gasteiger partial charge is 0.272 e. The number of nitrogens with one attached hydrogen (secondary N) is 1. The van der Waals surface area contributed by atoms with Crippen molar-refractivity contribution in [3.05, 3.63) is 117 Å². The van der Waals surface area contributed by atoms with Gasteiger partial charge in [0.2, 0.25) is 0 Å². The van der Waals surface area contributed by atoms with Crippen LogP contribution in [0.1, 0.15) is 21.6 Å². The van der Waals surface area contributed by atoms with Crippen molar-refractivity contribution in [2.24, 2.45) is 5.10 Å². The molecule has 0 saturated carbocycles. The van der Waals surface area contributed by atoms with Crippen LogP contribution in [0.25, 0.3) is 28.0 Å². The Labute approximate surface area is 216 Å². The Morgan fingerprint density at radius 1 is 1.05 bits per heavy atom. The number of hydrogen-bond acceptors (Lipinski definition) is 6. The number of nitro groups is 1. The summed E-state index contributed by atoms with van der Waals surface area (Å²) in [7, 11) is 0. The molecule has 0 bridgehead atoms. The molecule has 3 aromatic carbocycles. The van der Waals surface area contributed by atoms with E-state index in [2.05, 4.69) is 15.6 Å². The summed E-state index contributed by atoms with van der Waals surface area (Å²) < 4.78 is 1.71. The second-order valence-electron chi connectivity index (χ2n) is 8.14. The third-order valence-electron chi connectivity index (χ3n) is 5.68. The average molecular weight is 511 g/mol. The van der Waals surface area contributed by atoms with Crippen molar-refractivity contribution < 1.29 is 9.72 Å². The number of carbonyl (C=O) groups is 1. The van der Waals surface area contributed by atoms with E-state index in [9.17, 15) is 14.9 Å². The van der Waals surface area contributed by atoms with Crippen LogP contribution < -0.4 is 5.43 Å². The lowest BCUT2D eigenvalue weighted by molar-refractivity contribution is -0.384. The van der Waals surface area contributed by atoms with E-state index in [0.717, 1.165) is 11.3 Å². The van der Waals surface area contributed by atoms with Crippen LogP contribution in [0.4, 0.5) is 5.69 Å². The van der Waals surface area contributed by atoms with Gasteiger partial charge in [-0.25, -0.2) is 15.1 Å². The van der Waals surface area contributed by atoms with E-state index in [1.807, 2.05) is 49.4 Å². The summed E-state index contributed by atoms with van der Waals surface area (Å²) in [5.74, 6) is -0.448. The van der Waals surface area contributed by atoms with Crippen molar-refractivity contribution in [2.75, 3.05) is 0 Å². The van der Waals surface area contributed by atoms with Crippen molar-refractivity contribution in [3.8, 4) is 16.9 Å². The average Bonchev–Trinajstić information content (AvgIpc) is 3.25. The lowest BCUT2D eigenvalue weighted by Crippen LogP contribution is -2.18. The quantitative estimate of drug-likeness (QED) is 0.178. The van der Waals surface area contributed by atoms with E-state index in [0.29, 0.717) is 38.6 Å². The predicted molar refractivity (Wildman–Crippen MR) is 142 cm³/mol.